The summed E-state index contributed by atoms with van der Waals surface area (Å²) >= 11 is 3.32. The zero-order valence-corrected chi connectivity index (χ0v) is 13.3. The van der Waals surface area contributed by atoms with Gasteiger partial charge in [0.25, 0.3) is 0 Å². The zero-order chi connectivity index (χ0) is 14.7. The summed E-state index contributed by atoms with van der Waals surface area (Å²) in [4.78, 5) is 17.0. The summed E-state index contributed by atoms with van der Waals surface area (Å²) in [6.07, 6.45) is 0.594. The van der Waals surface area contributed by atoms with Gasteiger partial charge in [-0.05, 0) is 29.3 Å². The molecule has 1 saturated heterocycles. The van der Waals surface area contributed by atoms with Crippen LogP contribution >= 0.6 is 22.7 Å². The number of nitrogens with two attached hydrogens (primary N) is 1. The monoisotopic (exact) mass is 322 g/mol. The molecule has 1 fully saturated rings. The first kappa shape index (κ1) is 14.7. The lowest BCUT2D eigenvalue weighted by Gasteiger charge is -2.30. The van der Waals surface area contributed by atoms with E-state index in [1.807, 2.05) is 39.9 Å². The SMILES string of the molecule is NC1(C(=O)N(Cc2cccs2)Cc2cccs2)CCOC1. The van der Waals surface area contributed by atoms with E-state index in [0.29, 0.717) is 32.7 Å². The maximum absolute atomic E-state index is 12.8. The Morgan fingerprint density at radius 1 is 1.24 bits per heavy atom. The molecule has 112 valence electrons. The molecule has 0 aromatic carbocycles. The van der Waals surface area contributed by atoms with Gasteiger partial charge in [0.15, 0.2) is 0 Å². The summed E-state index contributed by atoms with van der Waals surface area (Å²) in [5, 5.41) is 4.06. The highest BCUT2D eigenvalue weighted by Crippen LogP contribution is 2.23. The molecule has 2 N–H and O–H groups in total. The van der Waals surface area contributed by atoms with Crippen molar-refractivity contribution in [2.45, 2.75) is 25.0 Å². The lowest BCUT2D eigenvalue weighted by atomic mass is 9.98. The van der Waals surface area contributed by atoms with E-state index in [2.05, 4.69) is 0 Å². The number of amides is 1. The van der Waals surface area contributed by atoms with Gasteiger partial charge in [-0.1, -0.05) is 12.1 Å². The van der Waals surface area contributed by atoms with Crippen molar-refractivity contribution in [3.8, 4) is 0 Å². The lowest BCUT2D eigenvalue weighted by Crippen LogP contribution is -2.55. The first-order valence-corrected chi connectivity index (χ1v) is 8.64. The van der Waals surface area contributed by atoms with Crippen molar-refractivity contribution in [3.63, 3.8) is 0 Å². The molecule has 1 amide bonds. The number of ether oxygens (including phenoxy) is 1. The van der Waals surface area contributed by atoms with Crippen LogP contribution in [0.4, 0.5) is 0 Å². The molecule has 3 heterocycles. The fourth-order valence-electron chi connectivity index (χ4n) is 2.45. The normalized spacial score (nSPS) is 21.6. The maximum atomic E-state index is 12.8. The van der Waals surface area contributed by atoms with Crippen LogP contribution in [0.5, 0.6) is 0 Å². The van der Waals surface area contributed by atoms with Gasteiger partial charge in [0.2, 0.25) is 5.91 Å². The Balaban J connectivity index is 1.79. The van der Waals surface area contributed by atoms with Gasteiger partial charge in [-0.2, -0.15) is 0 Å². The number of rotatable bonds is 5. The van der Waals surface area contributed by atoms with Crippen molar-refractivity contribution in [1.82, 2.24) is 4.90 Å². The Bertz CT molecular complexity index is 539. The largest absolute Gasteiger partial charge is 0.379 e. The molecule has 1 aliphatic rings. The molecule has 1 unspecified atom stereocenters. The molecule has 6 heteroatoms. The van der Waals surface area contributed by atoms with Crippen molar-refractivity contribution in [1.29, 1.82) is 0 Å². The molecule has 0 aliphatic carbocycles. The molecule has 21 heavy (non-hydrogen) atoms. The Morgan fingerprint density at radius 2 is 1.86 bits per heavy atom. The first-order valence-electron chi connectivity index (χ1n) is 6.88. The van der Waals surface area contributed by atoms with Gasteiger partial charge in [0.1, 0.15) is 5.54 Å². The predicted octanol–water partition coefficient (Wildman–Crippen LogP) is 2.46. The highest BCUT2D eigenvalue weighted by atomic mass is 32.1. The quantitative estimate of drug-likeness (QED) is 0.920. The second kappa shape index (κ2) is 6.27. The second-order valence-electron chi connectivity index (χ2n) is 5.28. The Kier molecular flexibility index (Phi) is 4.40. The van der Waals surface area contributed by atoms with E-state index in [0.717, 1.165) is 0 Å². The van der Waals surface area contributed by atoms with Gasteiger partial charge in [0.05, 0.1) is 19.7 Å². The Morgan fingerprint density at radius 3 is 2.29 bits per heavy atom. The fourth-order valence-corrected chi connectivity index (χ4v) is 3.88. The lowest BCUT2D eigenvalue weighted by molar-refractivity contribution is -0.138. The Labute approximate surface area is 132 Å². The highest BCUT2D eigenvalue weighted by molar-refractivity contribution is 7.10. The molecule has 0 saturated carbocycles. The van der Waals surface area contributed by atoms with Crippen LogP contribution in [0.3, 0.4) is 0 Å². The van der Waals surface area contributed by atoms with Crippen molar-refractivity contribution in [2.75, 3.05) is 13.2 Å². The zero-order valence-electron chi connectivity index (χ0n) is 11.7. The molecule has 1 atom stereocenters. The van der Waals surface area contributed by atoms with Crippen LogP contribution in [0.15, 0.2) is 35.0 Å². The molecule has 2 aromatic rings. The summed E-state index contributed by atoms with van der Waals surface area (Å²) in [6, 6.07) is 8.11. The van der Waals surface area contributed by atoms with Crippen LogP contribution < -0.4 is 5.73 Å². The van der Waals surface area contributed by atoms with Crippen molar-refractivity contribution in [2.24, 2.45) is 5.73 Å². The molecular formula is C15H18N2O2S2. The highest BCUT2D eigenvalue weighted by Gasteiger charge is 2.41. The summed E-state index contributed by atoms with van der Waals surface area (Å²) in [5.41, 5.74) is 5.39. The van der Waals surface area contributed by atoms with E-state index in [-0.39, 0.29) is 5.91 Å². The van der Waals surface area contributed by atoms with E-state index < -0.39 is 5.54 Å². The number of hydrogen-bond acceptors (Lipinski definition) is 5. The van der Waals surface area contributed by atoms with Crippen LogP contribution in [-0.2, 0) is 22.6 Å². The molecule has 0 radical (unpaired) electrons. The predicted molar refractivity (Wildman–Crippen MR) is 85.2 cm³/mol. The van der Waals surface area contributed by atoms with E-state index >= 15 is 0 Å². The minimum absolute atomic E-state index is 0.0122. The van der Waals surface area contributed by atoms with Crippen LogP contribution in [0.2, 0.25) is 0 Å². The molecular weight excluding hydrogens is 304 g/mol. The minimum atomic E-state index is -0.867. The van der Waals surface area contributed by atoms with Gasteiger partial charge >= 0.3 is 0 Å². The maximum Gasteiger partial charge on any atom is 0.245 e. The first-order chi connectivity index (χ1) is 10.2. The van der Waals surface area contributed by atoms with Crippen molar-refractivity contribution in [3.05, 3.63) is 44.8 Å². The third-order valence-corrected chi connectivity index (χ3v) is 5.34. The van der Waals surface area contributed by atoms with Crippen LogP contribution in [-0.4, -0.2) is 29.6 Å². The number of carbonyl (C=O) groups is 1. The van der Waals surface area contributed by atoms with Crippen LogP contribution in [0.25, 0.3) is 0 Å². The molecule has 2 aromatic heterocycles. The molecule has 3 rings (SSSR count). The van der Waals surface area contributed by atoms with E-state index in [4.69, 9.17) is 10.5 Å². The van der Waals surface area contributed by atoms with Crippen molar-refractivity contribution >= 4 is 28.6 Å². The average molecular weight is 322 g/mol. The fraction of sp³-hybridized carbons (Fsp3) is 0.400. The average Bonchev–Trinajstić information content (AvgIpc) is 3.20. The van der Waals surface area contributed by atoms with Crippen LogP contribution in [0.1, 0.15) is 16.2 Å². The van der Waals surface area contributed by atoms with Gasteiger partial charge < -0.3 is 15.4 Å². The van der Waals surface area contributed by atoms with E-state index in [1.54, 1.807) is 22.7 Å². The number of carbonyl (C=O) groups excluding carboxylic acids is 1. The van der Waals surface area contributed by atoms with E-state index in [9.17, 15) is 4.79 Å². The van der Waals surface area contributed by atoms with Gasteiger partial charge in [-0.3, -0.25) is 4.79 Å². The number of hydrogen-bond donors (Lipinski definition) is 1. The second-order valence-corrected chi connectivity index (χ2v) is 7.34. The summed E-state index contributed by atoms with van der Waals surface area (Å²) < 4.78 is 5.33. The van der Waals surface area contributed by atoms with E-state index in [1.165, 1.54) is 9.75 Å². The molecule has 1 aliphatic heterocycles. The van der Waals surface area contributed by atoms with Gasteiger partial charge in [0, 0.05) is 16.4 Å². The molecule has 0 spiro atoms. The topological polar surface area (TPSA) is 55.6 Å². The smallest absolute Gasteiger partial charge is 0.245 e. The van der Waals surface area contributed by atoms with Gasteiger partial charge in [-0.25, -0.2) is 0 Å². The van der Waals surface area contributed by atoms with Crippen molar-refractivity contribution < 1.29 is 9.53 Å². The number of nitrogens with zero attached hydrogens (tertiary/aromatic N) is 1. The van der Waals surface area contributed by atoms with Gasteiger partial charge in [-0.15, -0.1) is 22.7 Å². The molecule has 0 bridgehead atoms. The molecule has 4 nitrogen and oxygen atoms in total. The third kappa shape index (κ3) is 3.35. The Hall–Kier alpha value is -1.21. The number of thiophene rings is 2. The van der Waals surface area contributed by atoms with Crippen LogP contribution in [0, 0.1) is 0 Å². The minimum Gasteiger partial charge on any atom is -0.379 e. The third-order valence-electron chi connectivity index (χ3n) is 3.62. The summed E-state index contributed by atoms with van der Waals surface area (Å²) in [7, 11) is 0. The standard InChI is InChI=1S/C15H18N2O2S2/c16-15(5-6-19-11-15)14(18)17(9-12-3-1-7-20-12)10-13-4-2-8-21-13/h1-4,7-8H,5-6,9-11,16H2. The summed E-state index contributed by atoms with van der Waals surface area (Å²) in [5.74, 6) is -0.0122. The summed E-state index contributed by atoms with van der Waals surface area (Å²) in [6.45, 7) is 2.09.